The van der Waals surface area contributed by atoms with Crippen LogP contribution in [-0.2, 0) is 6.42 Å². The summed E-state index contributed by atoms with van der Waals surface area (Å²) < 4.78 is 5.33. The van der Waals surface area contributed by atoms with Crippen molar-refractivity contribution < 1.29 is 14.4 Å². The van der Waals surface area contributed by atoms with E-state index in [9.17, 15) is 9.90 Å². The van der Waals surface area contributed by atoms with Gasteiger partial charge in [-0.05, 0) is 58.1 Å². The van der Waals surface area contributed by atoms with E-state index in [2.05, 4.69) is 22.4 Å². The number of nitrogens with zero attached hydrogens (tertiary/aromatic N) is 2. The molecular formula is C20H27N3O3S. The Morgan fingerprint density at radius 2 is 2.19 bits per heavy atom. The standard InChI is InChI=1S/C20H27N3O3S/c1-4-5-7-15-14(13(3)26-23-15)10-11-18-21-12(2)19(27-18)20(25)22-16-8-6-9-17(16)24/h10-11,16-17,24H,4-9H2,1-3H3,(H,22,25)/b11-10+/t16?,17-/m0/s1. The molecule has 2 atom stereocenters. The third-order valence-electron chi connectivity index (χ3n) is 4.96. The number of amides is 1. The minimum atomic E-state index is -0.445. The molecule has 2 aromatic rings. The Balaban J connectivity index is 1.72. The zero-order valence-corrected chi connectivity index (χ0v) is 16.9. The first-order chi connectivity index (χ1) is 13.0. The monoisotopic (exact) mass is 389 g/mol. The smallest absolute Gasteiger partial charge is 0.263 e. The third-order valence-corrected chi connectivity index (χ3v) is 6.08. The lowest BCUT2D eigenvalue weighted by Gasteiger charge is -2.15. The highest BCUT2D eigenvalue weighted by Crippen LogP contribution is 2.24. The van der Waals surface area contributed by atoms with Crippen LogP contribution in [0.25, 0.3) is 12.2 Å². The molecule has 0 saturated heterocycles. The lowest BCUT2D eigenvalue weighted by atomic mass is 10.1. The molecule has 1 aliphatic carbocycles. The highest BCUT2D eigenvalue weighted by molar-refractivity contribution is 7.14. The van der Waals surface area contributed by atoms with Gasteiger partial charge in [0.2, 0.25) is 0 Å². The van der Waals surface area contributed by atoms with Crippen LogP contribution >= 0.6 is 11.3 Å². The van der Waals surface area contributed by atoms with Crippen LogP contribution in [0.1, 0.15) is 76.4 Å². The Labute approximate surface area is 163 Å². The summed E-state index contributed by atoms with van der Waals surface area (Å²) in [5.74, 6) is 0.638. The molecule has 0 bridgehead atoms. The summed E-state index contributed by atoms with van der Waals surface area (Å²) in [5.41, 5.74) is 2.67. The summed E-state index contributed by atoms with van der Waals surface area (Å²) in [6, 6.07) is -0.154. The molecule has 1 fully saturated rings. The van der Waals surface area contributed by atoms with Gasteiger partial charge in [0, 0.05) is 5.56 Å². The fourth-order valence-corrected chi connectivity index (χ4v) is 4.23. The van der Waals surface area contributed by atoms with Crippen LogP contribution in [0.4, 0.5) is 0 Å². The maximum Gasteiger partial charge on any atom is 0.263 e. The molecule has 1 unspecified atom stereocenters. The number of carbonyl (C=O) groups is 1. The lowest BCUT2D eigenvalue weighted by Crippen LogP contribution is -2.39. The van der Waals surface area contributed by atoms with Crippen LogP contribution in [0.5, 0.6) is 0 Å². The van der Waals surface area contributed by atoms with E-state index in [-0.39, 0.29) is 11.9 Å². The fourth-order valence-electron chi connectivity index (χ4n) is 3.36. The summed E-state index contributed by atoms with van der Waals surface area (Å²) in [6.07, 6.45) is 9.02. The van der Waals surface area contributed by atoms with Crippen LogP contribution in [0.3, 0.4) is 0 Å². The molecule has 1 saturated carbocycles. The van der Waals surface area contributed by atoms with E-state index in [1.54, 1.807) is 0 Å². The number of hydrogen-bond donors (Lipinski definition) is 2. The summed E-state index contributed by atoms with van der Waals surface area (Å²) in [7, 11) is 0. The summed E-state index contributed by atoms with van der Waals surface area (Å²) >= 11 is 1.36. The number of aliphatic hydroxyl groups is 1. The number of aryl methyl sites for hydroxylation is 3. The molecule has 2 aromatic heterocycles. The van der Waals surface area contributed by atoms with Gasteiger partial charge >= 0.3 is 0 Å². The average molecular weight is 390 g/mol. The van der Waals surface area contributed by atoms with Crippen LogP contribution < -0.4 is 5.32 Å². The Bertz CT molecular complexity index is 825. The lowest BCUT2D eigenvalue weighted by molar-refractivity contribution is 0.0876. The van der Waals surface area contributed by atoms with E-state index in [1.165, 1.54) is 11.3 Å². The maximum absolute atomic E-state index is 12.5. The van der Waals surface area contributed by atoms with E-state index >= 15 is 0 Å². The van der Waals surface area contributed by atoms with Crippen molar-refractivity contribution in [2.24, 2.45) is 0 Å². The van der Waals surface area contributed by atoms with E-state index in [4.69, 9.17) is 4.52 Å². The van der Waals surface area contributed by atoms with Crippen LogP contribution in [0.15, 0.2) is 4.52 Å². The number of aromatic nitrogens is 2. The number of unbranched alkanes of at least 4 members (excludes halogenated alkanes) is 1. The SMILES string of the molecule is CCCCc1noc(C)c1/C=C/c1nc(C)c(C(=O)NC2CCC[C@@H]2O)s1. The van der Waals surface area contributed by atoms with Gasteiger partial charge in [0.05, 0.1) is 23.5 Å². The number of aliphatic hydroxyl groups excluding tert-OH is 1. The molecule has 0 radical (unpaired) electrons. The first-order valence-electron chi connectivity index (χ1n) is 9.59. The summed E-state index contributed by atoms with van der Waals surface area (Å²) in [5, 5.41) is 17.8. The Kier molecular flexibility index (Phi) is 6.44. The van der Waals surface area contributed by atoms with Gasteiger partial charge in [-0.2, -0.15) is 0 Å². The molecule has 2 N–H and O–H groups in total. The second-order valence-corrected chi connectivity index (χ2v) is 8.11. The van der Waals surface area contributed by atoms with Crippen molar-refractivity contribution in [1.82, 2.24) is 15.5 Å². The molecule has 27 heavy (non-hydrogen) atoms. The third kappa shape index (κ3) is 4.65. The van der Waals surface area contributed by atoms with Crippen LogP contribution in [0, 0.1) is 13.8 Å². The zero-order chi connectivity index (χ0) is 19.4. The van der Waals surface area contributed by atoms with Gasteiger partial charge in [0.15, 0.2) is 0 Å². The Morgan fingerprint density at radius 1 is 1.37 bits per heavy atom. The van der Waals surface area contributed by atoms with Gasteiger partial charge in [0.25, 0.3) is 5.91 Å². The van der Waals surface area contributed by atoms with Crippen molar-refractivity contribution in [3.8, 4) is 0 Å². The van der Waals surface area contributed by atoms with E-state index in [0.29, 0.717) is 10.6 Å². The molecule has 6 nitrogen and oxygen atoms in total. The zero-order valence-electron chi connectivity index (χ0n) is 16.1. The van der Waals surface area contributed by atoms with Gasteiger partial charge in [-0.3, -0.25) is 4.79 Å². The van der Waals surface area contributed by atoms with E-state index < -0.39 is 6.10 Å². The second-order valence-electron chi connectivity index (χ2n) is 7.08. The molecule has 1 aliphatic rings. The molecule has 7 heteroatoms. The summed E-state index contributed by atoms with van der Waals surface area (Å²) in [6.45, 7) is 5.89. The van der Waals surface area contributed by atoms with Gasteiger partial charge in [-0.25, -0.2) is 4.98 Å². The van der Waals surface area contributed by atoms with Crippen molar-refractivity contribution in [2.75, 3.05) is 0 Å². The molecule has 3 rings (SSSR count). The molecule has 146 valence electrons. The van der Waals surface area contributed by atoms with Crippen molar-refractivity contribution in [2.45, 2.75) is 71.4 Å². The first-order valence-corrected chi connectivity index (χ1v) is 10.4. The van der Waals surface area contributed by atoms with Crippen molar-refractivity contribution in [3.05, 3.63) is 32.6 Å². The van der Waals surface area contributed by atoms with Crippen molar-refractivity contribution in [1.29, 1.82) is 0 Å². The Hall–Kier alpha value is -1.99. The number of carbonyl (C=O) groups excluding carboxylic acids is 1. The van der Waals surface area contributed by atoms with Gasteiger partial charge in [0.1, 0.15) is 15.6 Å². The van der Waals surface area contributed by atoms with Crippen molar-refractivity contribution >= 4 is 29.4 Å². The predicted octanol–water partition coefficient (Wildman–Crippen LogP) is 3.90. The van der Waals surface area contributed by atoms with E-state index in [0.717, 1.165) is 60.6 Å². The number of hydrogen-bond acceptors (Lipinski definition) is 6. The van der Waals surface area contributed by atoms with Crippen molar-refractivity contribution in [3.63, 3.8) is 0 Å². The first kappa shape index (κ1) is 19.8. The van der Waals surface area contributed by atoms with Crippen LogP contribution in [-0.4, -0.2) is 33.3 Å². The summed E-state index contributed by atoms with van der Waals surface area (Å²) in [4.78, 5) is 17.6. The number of nitrogens with one attached hydrogen (secondary N) is 1. The number of rotatable bonds is 7. The van der Waals surface area contributed by atoms with Gasteiger partial charge in [-0.15, -0.1) is 11.3 Å². The largest absolute Gasteiger partial charge is 0.391 e. The highest BCUT2D eigenvalue weighted by Gasteiger charge is 2.28. The maximum atomic E-state index is 12.5. The predicted molar refractivity (Wildman–Crippen MR) is 107 cm³/mol. The second kappa shape index (κ2) is 8.80. The molecular weight excluding hydrogens is 362 g/mol. The Morgan fingerprint density at radius 3 is 2.89 bits per heavy atom. The average Bonchev–Trinajstić information content (AvgIpc) is 3.31. The van der Waals surface area contributed by atoms with Gasteiger partial charge in [-0.1, -0.05) is 18.5 Å². The minimum Gasteiger partial charge on any atom is -0.391 e. The van der Waals surface area contributed by atoms with Crippen LogP contribution in [0.2, 0.25) is 0 Å². The number of thiazole rings is 1. The van der Waals surface area contributed by atoms with E-state index in [1.807, 2.05) is 26.0 Å². The minimum absolute atomic E-state index is 0.152. The molecule has 1 amide bonds. The highest BCUT2D eigenvalue weighted by atomic mass is 32.1. The molecule has 0 aromatic carbocycles. The molecule has 0 aliphatic heterocycles. The topological polar surface area (TPSA) is 88.2 Å². The fraction of sp³-hybridized carbons (Fsp3) is 0.550. The molecule has 0 spiro atoms. The quantitative estimate of drug-likeness (QED) is 0.750. The molecule has 2 heterocycles. The normalized spacial score (nSPS) is 19.9. The van der Waals surface area contributed by atoms with Gasteiger partial charge < -0.3 is 14.9 Å².